The normalized spacial score (nSPS) is 11.3. The SMILES string of the molecule is CS(=O)(=O)Cc1cc(Cl)cc(Nc2ncnc(Cl)n2)c1. The molecule has 0 saturated carbocycles. The zero-order valence-electron chi connectivity index (χ0n) is 10.3. The third-order valence-electron chi connectivity index (χ3n) is 2.19. The number of rotatable bonds is 4. The highest BCUT2D eigenvalue weighted by atomic mass is 35.5. The second-order valence-corrected chi connectivity index (χ2v) is 7.04. The lowest BCUT2D eigenvalue weighted by molar-refractivity contribution is 0.601. The smallest absolute Gasteiger partial charge is 0.231 e. The first-order chi connectivity index (χ1) is 9.32. The van der Waals surface area contributed by atoms with Gasteiger partial charge in [-0.05, 0) is 35.4 Å². The summed E-state index contributed by atoms with van der Waals surface area (Å²) < 4.78 is 22.6. The monoisotopic (exact) mass is 332 g/mol. The highest BCUT2D eigenvalue weighted by Gasteiger charge is 2.08. The van der Waals surface area contributed by atoms with E-state index in [1.54, 1.807) is 18.2 Å². The van der Waals surface area contributed by atoms with Crippen molar-refractivity contribution in [3.63, 3.8) is 0 Å². The Morgan fingerprint density at radius 1 is 1.20 bits per heavy atom. The van der Waals surface area contributed by atoms with E-state index in [1.165, 1.54) is 6.33 Å². The summed E-state index contributed by atoms with van der Waals surface area (Å²) >= 11 is 11.6. The van der Waals surface area contributed by atoms with Crippen LogP contribution in [0.4, 0.5) is 11.6 Å². The van der Waals surface area contributed by atoms with Crippen LogP contribution in [0.3, 0.4) is 0 Å². The molecule has 6 nitrogen and oxygen atoms in total. The quantitative estimate of drug-likeness (QED) is 0.925. The van der Waals surface area contributed by atoms with Gasteiger partial charge >= 0.3 is 0 Å². The van der Waals surface area contributed by atoms with Gasteiger partial charge in [-0.25, -0.2) is 18.4 Å². The second kappa shape index (κ2) is 5.90. The molecule has 1 N–H and O–H groups in total. The molecule has 1 aromatic carbocycles. The Hall–Kier alpha value is -1.44. The maximum atomic E-state index is 11.3. The maximum absolute atomic E-state index is 11.3. The van der Waals surface area contributed by atoms with Gasteiger partial charge in [-0.1, -0.05) is 11.6 Å². The summed E-state index contributed by atoms with van der Waals surface area (Å²) in [5, 5.41) is 3.35. The molecule has 0 atom stereocenters. The molecule has 0 bridgehead atoms. The molecule has 2 aromatic rings. The molecular weight excluding hydrogens is 323 g/mol. The van der Waals surface area contributed by atoms with E-state index in [0.29, 0.717) is 16.3 Å². The molecule has 9 heteroatoms. The van der Waals surface area contributed by atoms with Crippen LogP contribution in [0.25, 0.3) is 0 Å². The highest BCUT2D eigenvalue weighted by molar-refractivity contribution is 7.89. The van der Waals surface area contributed by atoms with Crippen molar-refractivity contribution in [1.82, 2.24) is 15.0 Å². The lowest BCUT2D eigenvalue weighted by atomic mass is 10.2. The van der Waals surface area contributed by atoms with E-state index in [9.17, 15) is 8.42 Å². The zero-order valence-corrected chi connectivity index (χ0v) is 12.7. The summed E-state index contributed by atoms with van der Waals surface area (Å²) in [5.41, 5.74) is 1.14. The molecule has 0 aliphatic rings. The van der Waals surface area contributed by atoms with Crippen LogP contribution in [0.1, 0.15) is 5.56 Å². The van der Waals surface area contributed by atoms with Crippen LogP contribution >= 0.6 is 23.2 Å². The average Bonchev–Trinajstić information content (AvgIpc) is 2.25. The number of aromatic nitrogens is 3. The molecule has 0 radical (unpaired) electrons. The molecular formula is C11H10Cl2N4O2S. The van der Waals surface area contributed by atoms with Gasteiger partial charge in [0.15, 0.2) is 9.84 Å². The Morgan fingerprint density at radius 3 is 2.60 bits per heavy atom. The van der Waals surface area contributed by atoms with Crippen LogP contribution in [-0.4, -0.2) is 29.6 Å². The minimum Gasteiger partial charge on any atom is -0.324 e. The minimum absolute atomic E-state index is 0.0564. The van der Waals surface area contributed by atoms with Crippen LogP contribution in [0.2, 0.25) is 10.3 Å². The predicted octanol–water partition coefficient (Wildman–Crippen LogP) is 2.47. The molecule has 20 heavy (non-hydrogen) atoms. The number of hydrogen-bond acceptors (Lipinski definition) is 6. The summed E-state index contributed by atoms with van der Waals surface area (Å²) in [6, 6.07) is 4.88. The molecule has 106 valence electrons. The van der Waals surface area contributed by atoms with Crippen LogP contribution in [0.15, 0.2) is 24.5 Å². The first-order valence-corrected chi connectivity index (χ1v) is 8.22. The number of hydrogen-bond donors (Lipinski definition) is 1. The number of benzene rings is 1. The van der Waals surface area contributed by atoms with E-state index in [4.69, 9.17) is 23.2 Å². The average molecular weight is 333 g/mol. The van der Waals surface area contributed by atoms with E-state index >= 15 is 0 Å². The Balaban J connectivity index is 2.28. The fraction of sp³-hybridized carbons (Fsp3) is 0.182. The van der Waals surface area contributed by atoms with Crippen molar-refractivity contribution in [3.8, 4) is 0 Å². The van der Waals surface area contributed by atoms with Crippen LogP contribution < -0.4 is 5.32 Å². The molecule has 0 saturated heterocycles. The number of nitrogens with one attached hydrogen (secondary N) is 1. The third kappa shape index (κ3) is 4.59. The Labute approximate surface area is 126 Å². The number of halogens is 2. The first-order valence-electron chi connectivity index (χ1n) is 5.40. The summed E-state index contributed by atoms with van der Waals surface area (Å²) in [7, 11) is -3.14. The van der Waals surface area contributed by atoms with Gasteiger partial charge in [0.1, 0.15) is 6.33 Å². The fourth-order valence-electron chi connectivity index (χ4n) is 1.57. The van der Waals surface area contributed by atoms with Crippen molar-refractivity contribution in [2.45, 2.75) is 5.75 Å². The Morgan fingerprint density at radius 2 is 1.95 bits per heavy atom. The van der Waals surface area contributed by atoms with E-state index in [0.717, 1.165) is 6.26 Å². The molecule has 1 aromatic heterocycles. The molecule has 0 unspecified atom stereocenters. The molecule has 2 rings (SSSR count). The molecule has 0 fully saturated rings. The third-order valence-corrected chi connectivity index (χ3v) is 3.44. The molecule has 0 aliphatic heterocycles. The number of sulfone groups is 1. The van der Waals surface area contributed by atoms with Crippen molar-refractivity contribution in [2.24, 2.45) is 0 Å². The topological polar surface area (TPSA) is 84.8 Å². The van der Waals surface area contributed by atoms with E-state index in [1.807, 2.05) is 0 Å². The van der Waals surface area contributed by atoms with Gasteiger partial charge in [-0.15, -0.1) is 0 Å². The van der Waals surface area contributed by atoms with Crippen LogP contribution in [-0.2, 0) is 15.6 Å². The van der Waals surface area contributed by atoms with E-state index < -0.39 is 9.84 Å². The van der Waals surface area contributed by atoms with Gasteiger partial charge in [0.2, 0.25) is 11.2 Å². The lowest BCUT2D eigenvalue weighted by Crippen LogP contribution is -2.02. The Kier molecular flexibility index (Phi) is 4.42. The highest BCUT2D eigenvalue weighted by Crippen LogP contribution is 2.22. The van der Waals surface area contributed by atoms with Gasteiger partial charge in [-0.3, -0.25) is 0 Å². The van der Waals surface area contributed by atoms with Crippen molar-refractivity contribution in [3.05, 3.63) is 40.4 Å². The molecule has 0 aliphatic carbocycles. The van der Waals surface area contributed by atoms with Gasteiger partial charge in [-0.2, -0.15) is 4.98 Å². The fourth-order valence-corrected chi connectivity index (χ4v) is 2.73. The second-order valence-electron chi connectivity index (χ2n) is 4.12. The number of anilines is 2. The number of nitrogens with zero attached hydrogens (tertiary/aromatic N) is 3. The van der Waals surface area contributed by atoms with Crippen LogP contribution in [0, 0.1) is 0 Å². The molecule has 1 heterocycles. The van der Waals surface area contributed by atoms with Crippen LogP contribution in [0.5, 0.6) is 0 Å². The predicted molar refractivity (Wildman–Crippen MR) is 78.1 cm³/mol. The van der Waals surface area contributed by atoms with Crippen molar-refractivity contribution in [1.29, 1.82) is 0 Å². The Bertz CT molecular complexity index is 737. The van der Waals surface area contributed by atoms with Gasteiger partial charge in [0, 0.05) is 17.0 Å². The maximum Gasteiger partial charge on any atom is 0.231 e. The van der Waals surface area contributed by atoms with Crippen molar-refractivity contribution in [2.75, 3.05) is 11.6 Å². The van der Waals surface area contributed by atoms with E-state index in [2.05, 4.69) is 20.3 Å². The summed E-state index contributed by atoms with van der Waals surface area (Å²) in [5.74, 6) is 0.151. The standard InChI is InChI=1S/C11H10Cl2N4O2S/c1-20(18,19)5-7-2-8(12)4-9(3-7)16-11-15-6-14-10(13)17-11/h2-4,6H,5H2,1H3,(H,14,15,16,17). The summed E-state index contributed by atoms with van der Waals surface area (Å²) in [6.07, 6.45) is 2.42. The van der Waals surface area contributed by atoms with Gasteiger partial charge in [0.25, 0.3) is 0 Å². The lowest BCUT2D eigenvalue weighted by Gasteiger charge is -2.07. The van der Waals surface area contributed by atoms with Crippen molar-refractivity contribution < 1.29 is 8.42 Å². The minimum atomic E-state index is -3.14. The largest absolute Gasteiger partial charge is 0.324 e. The van der Waals surface area contributed by atoms with E-state index in [-0.39, 0.29) is 17.0 Å². The molecule has 0 amide bonds. The van der Waals surface area contributed by atoms with Gasteiger partial charge < -0.3 is 5.32 Å². The molecule has 0 spiro atoms. The summed E-state index contributed by atoms with van der Waals surface area (Å²) in [6.45, 7) is 0. The first kappa shape index (κ1) is 15.0. The summed E-state index contributed by atoms with van der Waals surface area (Å²) in [4.78, 5) is 11.4. The zero-order chi connectivity index (χ0) is 14.8. The van der Waals surface area contributed by atoms with Gasteiger partial charge in [0.05, 0.1) is 5.75 Å². The van der Waals surface area contributed by atoms with Crippen molar-refractivity contribution >= 4 is 44.7 Å².